The van der Waals surface area contributed by atoms with Gasteiger partial charge in [0, 0.05) is 5.41 Å². The van der Waals surface area contributed by atoms with Crippen molar-refractivity contribution < 1.29 is 4.52 Å². The molecule has 0 spiro atoms. The van der Waals surface area contributed by atoms with Crippen LogP contribution in [0.5, 0.6) is 0 Å². The molecule has 4 aliphatic carbocycles. The number of aromatic nitrogens is 2. The molecule has 4 aliphatic rings. The molecule has 0 aliphatic heterocycles. The zero-order chi connectivity index (χ0) is 15.4. The van der Waals surface area contributed by atoms with Crippen LogP contribution in [-0.4, -0.2) is 10.1 Å². The minimum Gasteiger partial charge on any atom is -0.337 e. The molecular weight excluding hydrogens is 286 g/mol. The fourth-order valence-electron chi connectivity index (χ4n) is 5.76. The van der Waals surface area contributed by atoms with Crippen molar-refractivity contribution in [2.45, 2.75) is 50.0 Å². The first-order valence-electron chi connectivity index (χ1n) is 8.86. The topological polar surface area (TPSA) is 64.9 Å². The summed E-state index contributed by atoms with van der Waals surface area (Å²) < 4.78 is 5.58. The molecule has 4 heteroatoms. The molecule has 4 nitrogen and oxygen atoms in total. The van der Waals surface area contributed by atoms with Crippen molar-refractivity contribution in [3.8, 4) is 0 Å². The monoisotopic (exact) mass is 309 g/mol. The molecule has 1 heterocycles. The highest BCUT2D eigenvalue weighted by Crippen LogP contribution is 2.60. The first-order chi connectivity index (χ1) is 11.2. The van der Waals surface area contributed by atoms with Gasteiger partial charge in [-0.15, -0.1) is 0 Å². The SMILES string of the molecule is N[C@@H](c1ccccc1)c1nc(C23CC4CC(CC(C4)C2)C3)no1. The molecule has 4 saturated carbocycles. The number of hydrogen-bond donors (Lipinski definition) is 1. The minimum atomic E-state index is -0.327. The molecule has 1 aromatic carbocycles. The molecule has 0 saturated heterocycles. The Balaban J connectivity index is 1.46. The fourth-order valence-corrected chi connectivity index (χ4v) is 5.76. The Hall–Kier alpha value is -1.68. The molecular formula is C19H23N3O. The first-order valence-corrected chi connectivity index (χ1v) is 8.86. The van der Waals surface area contributed by atoms with Crippen molar-refractivity contribution in [1.29, 1.82) is 0 Å². The second kappa shape index (κ2) is 4.91. The van der Waals surface area contributed by atoms with Gasteiger partial charge in [-0.2, -0.15) is 4.98 Å². The van der Waals surface area contributed by atoms with Crippen molar-refractivity contribution in [1.82, 2.24) is 10.1 Å². The van der Waals surface area contributed by atoms with Gasteiger partial charge in [-0.05, 0) is 61.8 Å². The van der Waals surface area contributed by atoms with E-state index in [0.717, 1.165) is 29.1 Å². The lowest BCUT2D eigenvalue weighted by Crippen LogP contribution is -2.49. The molecule has 4 fully saturated rings. The molecule has 0 unspecified atom stereocenters. The summed E-state index contributed by atoms with van der Waals surface area (Å²) in [7, 11) is 0. The Morgan fingerprint density at radius 2 is 1.61 bits per heavy atom. The lowest BCUT2D eigenvalue weighted by atomic mass is 9.49. The fraction of sp³-hybridized carbons (Fsp3) is 0.579. The summed E-state index contributed by atoms with van der Waals surface area (Å²) in [6.07, 6.45) is 8.02. The third-order valence-electron chi connectivity index (χ3n) is 6.38. The van der Waals surface area contributed by atoms with E-state index >= 15 is 0 Å². The van der Waals surface area contributed by atoms with E-state index in [0.29, 0.717) is 5.89 Å². The molecule has 0 radical (unpaired) electrons. The van der Waals surface area contributed by atoms with Crippen molar-refractivity contribution in [2.24, 2.45) is 23.5 Å². The number of rotatable bonds is 3. The van der Waals surface area contributed by atoms with Crippen LogP contribution in [0.1, 0.15) is 61.8 Å². The van der Waals surface area contributed by atoms with E-state index < -0.39 is 0 Å². The third kappa shape index (κ3) is 2.15. The van der Waals surface area contributed by atoms with Crippen LogP contribution in [-0.2, 0) is 5.41 Å². The standard InChI is InChI=1S/C19H23N3O/c20-16(15-4-2-1-3-5-15)17-21-18(22-23-17)19-9-12-6-13(10-19)8-14(7-12)11-19/h1-5,12-14,16H,6-11,20H2/t12?,13?,14?,16-,19?/m0/s1. The highest BCUT2D eigenvalue weighted by molar-refractivity contribution is 5.24. The predicted molar refractivity (Wildman–Crippen MR) is 86.6 cm³/mol. The van der Waals surface area contributed by atoms with Crippen molar-refractivity contribution in [2.75, 3.05) is 0 Å². The van der Waals surface area contributed by atoms with Gasteiger partial charge < -0.3 is 10.3 Å². The average molecular weight is 309 g/mol. The molecule has 2 N–H and O–H groups in total. The number of benzene rings is 1. The van der Waals surface area contributed by atoms with Crippen LogP contribution in [0.15, 0.2) is 34.9 Å². The predicted octanol–water partition coefficient (Wildman–Crippen LogP) is 3.59. The van der Waals surface area contributed by atoms with Crippen molar-refractivity contribution in [3.05, 3.63) is 47.6 Å². The maximum absolute atomic E-state index is 6.32. The van der Waals surface area contributed by atoms with Crippen molar-refractivity contribution >= 4 is 0 Å². The summed E-state index contributed by atoms with van der Waals surface area (Å²) in [5, 5.41) is 4.39. The van der Waals surface area contributed by atoms with E-state index in [4.69, 9.17) is 15.2 Å². The minimum absolute atomic E-state index is 0.174. The molecule has 23 heavy (non-hydrogen) atoms. The van der Waals surface area contributed by atoms with Gasteiger partial charge in [-0.3, -0.25) is 0 Å². The summed E-state index contributed by atoms with van der Waals surface area (Å²) in [5.41, 5.74) is 7.52. The van der Waals surface area contributed by atoms with Gasteiger partial charge in [-0.1, -0.05) is 35.5 Å². The van der Waals surface area contributed by atoms with Crippen LogP contribution in [0, 0.1) is 17.8 Å². The number of hydrogen-bond acceptors (Lipinski definition) is 4. The van der Waals surface area contributed by atoms with E-state index in [1.54, 1.807) is 0 Å². The maximum Gasteiger partial charge on any atom is 0.248 e. The highest BCUT2D eigenvalue weighted by atomic mass is 16.5. The Morgan fingerprint density at radius 1 is 1.00 bits per heavy atom. The molecule has 1 atom stereocenters. The van der Waals surface area contributed by atoms with Gasteiger partial charge in [0.15, 0.2) is 5.82 Å². The zero-order valence-corrected chi connectivity index (χ0v) is 13.3. The summed E-state index contributed by atoms with van der Waals surface area (Å²) in [5.74, 6) is 4.13. The molecule has 0 amide bonds. The molecule has 2 aromatic rings. The van der Waals surface area contributed by atoms with E-state index in [9.17, 15) is 0 Å². The molecule has 120 valence electrons. The average Bonchev–Trinajstić information content (AvgIpc) is 3.04. The van der Waals surface area contributed by atoms with Crippen LogP contribution < -0.4 is 5.73 Å². The number of nitrogens with two attached hydrogens (primary N) is 1. The molecule has 6 rings (SSSR count). The maximum atomic E-state index is 6.32. The van der Waals surface area contributed by atoms with Gasteiger partial charge >= 0.3 is 0 Å². The van der Waals surface area contributed by atoms with Crippen molar-refractivity contribution in [3.63, 3.8) is 0 Å². The van der Waals surface area contributed by atoms with Gasteiger partial charge in [0.25, 0.3) is 0 Å². The Morgan fingerprint density at radius 3 is 2.22 bits per heavy atom. The summed E-state index contributed by atoms with van der Waals surface area (Å²) in [4.78, 5) is 4.77. The van der Waals surface area contributed by atoms with E-state index in [1.165, 1.54) is 38.5 Å². The summed E-state index contributed by atoms with van der Waals surface area (Å²) in [6, 6.07) is 9.67. The van der Waals surface area contributed by atoms with Crippen LogP contribution in [0.2, 0.25) is 0 Å². The van der Waals surface area contributed by atoms with Gasteiger partial charge in [-0.25, -0.2) is 0 Å². The van der Waals surface area contributed by atoms with Crippen LogP contribution in [0.4, 0.5) is 0 Å². The molecule has 1 aromatic heterocycles. The Bertz CT molecular complexity index is 673. The van der Waals surface area contributed by atoms with E-state index in [2.05, 4.69) is 5.16 Å². The third-order valence-corrected chi connectivity index (χ3v) is 6.38. The van der Waals surface area contributed by atoms with E-state index in [-0.39, 0.29) is 11.5 Å². The smallest absolute Gasteiger partial charge is 0.248 e. The first kappa shape index (κ1) is 13.7. The van der Waals surface area contributed by atoms with Crippen LogP contribution >= 0.6 is 0 Å². The lowest BCUT2D eigenvalue weighted by Gasteiger charge is -2.55. The van der Waals surface area contributed by atoms with Gasteiger partial charge in [0.05, 0.1) is 0 Å². The van der Waals surface area contributed by atoms with Gasteiger partial charge in [0.1, 0.15) is 6.04 Å². The normalized spacial score (nSPS) is 36.3. The quantitative estimate of drug-likeness (QED) is 0.941. The number of nitrogens with zero attached hydrogens (tertiary/aromatic N) is 2. The highest BCUT2D eigenvalue weighted by Gasteiger charge is 2.53. The summed E-state index contributed by atoms with van der Waals surface area (Å²) in [6.45, 7) is 0. The largest absolute Gasteiger partial charge is 0.337 e. The second-order valence-corrected chi connectivity index (χ2v) is 8.04. The van der Waals surface area contributed by atoms with Crippen LogP contribution in [0.25, 0.3) is 0 Å². The van der Waals surface area contributed by atoms with Gasteiger partial charge in [0.2, 0.25) is 5.89 Å². The zero-order valence-electron chi connectivity index (χ0n) is 13.3. The lowest BCUT2D eigenvalue weighted by molar-refractivity contribution is -0.0103. The second-order valence-electron chi connectivity index (χ2n) is 8.04. The summed E-state index contributed by atoms with van der Waals surface area (Å²) >= 11 is 0. The molecule has 4 bridgehead atoms. The Labute approximate surface area is 136 Å². The van der Waals surface area contributed by atoms with Crippen LogP contribution in [0.3, 0.4) is 0 Å². The van der Waals surface area contributed by atoms with E-state index in [1.807, 2.05) is 30.3 Å². The Kier molecular flexibility index (Phi) is 2.93.